The molecule has 3 heterocycles. The fourth-order valence-corrected chi connectivity index (χ4v) is 4.46. The Labute approximate surface area is 178 Å². The fourth-order valence-electron chi connectivity index (χ4n) is 4.46. The number of aryl methyl sites for hydroxylation is 3. The lowest BCUT2D eigenvalue weighted by Gasteiger charge is -2.36. The number of anilines is 1. The van der Waals surface area contributed by atoms with E-state index in [-0.39, 0.29) is 23.8 Å². The molecule has 0 aliphatic carbocycles. The van der Waals surface area contributed by atoms with Gasteiger partial charge in [0.2, 0.25) is 5.91 Å². The Morgan fingerprint density at radius 1 is 1.03 bits per heavy atom. The zero-order valence-electron chi connectivity index (χ0n) is 18.2. The first-order valence-electron chi connectivity index (χ1n) is 10.7. The monoisotopic (exact) mass is 406 g/mol. The number of hydrogen-bond donors (Lipinski definition) is 1. The van der Waals surface area contributed by atoms with E-state index < -0.39 is 0 Å². The third-order valence-corrected chi connectivity index (χ3v) is 6.35. The average Bonchev–Trinajstić information content (AvgIpc) is 3.08. The summed E-state index contributed by atoms with van der Waals surface area (Å²) in [6.45, 7) is 11.1. The minimum absolute atomic E-state index is 0.0511. The van der Waals surface area contributed by atoms with Crippen molar-refractivity contribution >= 4 is 17.6 Å². The SMILES string of the molecule is Cc1cc(C)c(N2CCN(C(=O)c3ccc([C@@H]4CC(C)NC4=O)cc3)CC2)nc1C. The second-order valence-corrected chi connectivity index (χ2v) is 8.63. The fraction of sp³-hybridized carbons (Fsp3) is 0.458. The maximum Gasteiger partial charge on any atom is 0.253 e. The van der Waals surface area contributed by atoms with E-state index in [4.69, 9.17) is 4.98 Å². The molecule has 0 bridgehead atoms. The summed E-state index contributed by atoms with van der Waals surface area (Å²) < 4.78 is 0. The summed E-state index contributed by atoms with van der Waals surface area (Å²) in [5, 5.41) is 2.96. The highest BCUT2D eigenvalue weighted by Gasteiger charge is 2.31. The lowest BCUT2D eigenvalue weighted by Crippen LogP contribution is -2.49. The van der Waals surface area contributed by atoms with Gasteiger partial charge in [0, 0.05) is 43.5 Å². The number of nitrogens with zero attached hydrogens (tertiary/aromatic N) is 3. The van der Waals surface area contributed by atoms with E-state index in [0.29, 0.717) is 18.7 Å². The number of nitrogens with one attached hydrogen (secondary N) is 1. The van der Waals surface area contributed by atoms with E-state index in [0.717, 1.165) is 36.6 Å². The van der Waals surface area contributed by atoms with Crippen LogP contribution < -0.4 is 10.2 Å². The number of benzene rings is 1. The molecule has 2 aliphatic rings. The van der Waals surface area contributed by atoms with Gasteiger partial charge >= 0.3 is 0 Å². The molecule has 2 saturated heterocycles. The molecule has 0 spiro atoms. The van der Waals surface area contributed by atoms with Gasteiger partial charge in [-0.15, -0.1) is 0 Å². The molecule has 158 valence electrons. The van der Waals surface area contributed by atoms with Crippen molar-refractivity contribution in [1.82, 2.24) is 15.2 Å². The molecular formula is C24H30N4O2. The third-order valence-electron chi connectivity index (χ3n) is 6.35. The van der Waals surface area contributed by atoms with Crippen LogP contribution in [-0.4, -0.2) is 53.9 Å². The Bertz CT molecular complexity index is 962. The first kappa shape index (κ1) is 20.4. The second kappa shape index (κ2) is 8.09. The predicted octanol–water partition coefficient (Wildman–Crippen LogP) is 2.96. The number of piperazine rings is 1. The summed E-state index contributed by atoms with van der Waals surface area (Å²) in [7, 11) is 0. The van der Waals surface area contributed by atoms with Gasteiger partial charge in [0.05, 0.1) is 5.92 Å². The van der Waals surface area contributed by atoms with Crippen LogP contribution in [0.2, 0.25) is 0 Å². The van der Waals surface area contributed by atoms with Crippen molar-refractivity contribution < 1.29 is 9.59 Å². The maximum atomic E-state index is 13.0. The number of rotatable bonds is 3. The minimum atomic E-state index is -0.110. The van der Waals surface area contributed by atoms with Crippen LogP contribution in [0.5, 0.6) is 0 Å². The van der Waals surface area contributed by atoms with E-state index in [2.05, 4.69) is 30.1 Å². The molecule has 0 radical (unpaired) electrons. The van der Waals surface area contributed by atoms with E-state index in [1.807, 2.05) is 43.0 Å². The molecule has 4 rings (SSSR count). The number of aromatic nitrogens is 1. The Balaban J connectivity index is 1.40. The molecule has 6 nitrogen and oxygen atoms in total. The number of hydrogen-bond acceptors (Lipinski definition) is 4. The van der Waals surface area contributed by atoms with Gasteiger partial charge < -0.3 is 15.1 Å². The predicted molar refractivity (Wildman–Crippen MR) is 118 cm³/mol. The lowest BCUT2D eigenvalue weighted by atomic mass is 9.95. The van der Waals surface area contributed by atoms with Crippen molar-refractivity contribution in [2.75, 3.05) is 31.1 Å². The number of carbonyl (C=O) groups is 2. The highest BCUT2D eigenvalue weighted by molar-refractivity contribution is 5.94. The summed E-state index contributed by atoms with van der Waals surface area (Å²) in [4.78, 5) is 34.0. The van der Waals surface area contributed by atoms with Crippen LogP contribution in [0.4, 0.5) is 5.82 Å². The van der Waals surface area contributed by atoms with Crippen LogP contribution in [0, 0.1) is 20.8 Å². The molecule has 2 aromatic rings. The van der Waals surface area contributed by atoms with Gasteiger partial charge in [0.1, 0.15) is 5.82 Å². The quantitative estimate of drug-likeness (QED) is 0.851. The molecule has 1 aromatic carbocycles. The molecule has 2 atom stereocenters. The van der Waals surface area contributed by atoms with Crippen LogP contribution in [-0.2, 0) is 4.79 Å². The number of amides is 2. The topological polar surface area (TPSA) is 65.5 Å². The summed E-state index contributed by atoms with van der Waals surface area (Å²) >= 11 is 0. The highest BCUT2D eigenvalue weighted by Crippen LogP contribution is 2.27. The smallest absolute Gasteiger partial charge is 0.253 e. The van der Waals surface area contributed by atoms with Gasteiger partial charge in [-0.25, -0.2) is 4.98 Å². The lowest BCUT2D eigenvalue weighted by molar-refractivity contribution is -0.120. The molecule has 2 aliphatic heterocycles. The van der Waals surface area contributed by atoms with Crippen LogP contribution in [0.3, 0.4) is 0 Å². The van der Waals surface area contributed by atoms with Crippen LogP contribution in [0.25, 0.3) is 0 Å². The van der Waals surface area contributed by atoms with Gasteiger partial charge in [-0.3, -0.25) is 9.59 Å². The first-order valence-corrected chi connectivity index (χ1v) is 10.7. The van der Waals surface area contributed by atoms with Crippen molar-refractivity contribution in [3.05, 3.63) is 58.3 Å². The zero-order chi connectivity index (χ0) is 21.4. The van der Waals surface area contributed by atoms with Crippen molar-refractivity contribution in [3.8, 4) is 0 Å². The number of carbonyl (C=O) groups excluding carboxylic acids is 2. The van der Waals surface area contributed by atoms with Gasteiger partial charge in [-0.05, 0) is 62.9 Å². The Morgan fingerprint density at radius 3 is 2.30 bits per heavy atom. The number of pyridine rings is 1. The molecule has 6 heteroatoms. The molecule has 30 heavy (non-hydrogen) atoms. The first-order chi connectivity index (χ1) is 14.3. The van der Waals surface area contributed by atoms with Gasteiger partial charge in [0.25, 0.3) is 5.91 Å². The van der Waals surface area contributed by atoms with Crippen LogP contribution >= 0.6 is 0 Å². The van der Waals surface area contributed by atoms with Gasteiger partial charge in [-0.2, -0.15) is 0 Å². The Hall–Kier alpha value is -2.89. The van der Waals surface area contributed by atoms with Crippen LogP contribution in [0.1, 0.15) is 52.0 Å². The Kier molecular flexibility index (Phi) is 5.50. The molecule has 0 saturated carbocycles. The summed E-state index contributed by atoms with van der Waals surface area (Å²) in [6, 6.07) is 9.95. The van der Waals surface area contributed by atoms with Crippen molar-refractivity contribution in [2.24, 2.45) is 0 Å². The molecule has 1 N–H and O–H groups in total. The van der Waals surface area contributed by atoms with E-state index in [9.17, 15) is 9.59 Å². The summed E-state index contributed by atoms with van der Waals surface area (Å²) in [6.07, 6.45) is 0.806. The molecule has 2 amide bonds. The Morgan fingerprint density at radius 2 is 1.70 bits per heavy atom. The summed E-state index contributed by atoms with van der Waals surface area (Å²) in [5.74, 6) is 1.04. The second-order valence-electron chi connectivity index (χ2n) is 8.63. The van der Waals surface area contributed by atoms with Crippen molar-refractivity contribution in [2.45, 2.75) is 46.1 Å². The normalized spacial score (nSPS) is 21.7. The van der Waals surface area contributed by atoms with E-state index in [1.165, 1.54) is 11.1 Å². The largest absolute Gasteiger partial charge is 0.353 e. The molecule has 1 unspecified atom stereocenters. The molecule has 2 fully saturated rings. The molecular weight excluding hydrogens is 376 g/mol. The third kappa shape index (κ3) is 3.91. The van der Waals surface area contributed by atoms with E-state index in [1.54, 1.807) is 0 Å². The van der Waals surface area contributed by atoms with Crippen LogP contribution in [0.15, 0.2) is 30.3 Å². The summed E-state index contributed by atoms with van der Waals surface area (Å²) in [5.41, 5.74) is 5.10. The highest BCUT2D eigenvalue weighted by atomic mass is 16.2. The molecule has 1 aromatic heterocycles. The minimum Gasteiger partial charge on any atom is -0.353 e. The van der Waals surface area contributed by atoms with Gasteiger partial charge in [0.15, 0.2) is 0 Å². The van der Waals surface area contributed by atoms with Crippen molar-refractivity contribution in [3.63, 3.8) is 0 Å². The van der Waals surface area contributed by atoms with E-state index >= 15 is 0 Å². The maximum absolute atomic E-state index is 13.0. The van der Waals surface area contributed by atoms with Gasteiger partial charge in [-0.1, -0.05) is 18.2 Å². The standard InChI is InChI=1S/C24H30N4O2/c1-15-13-16(2)22(26-18(15)4)27-9-11-28(12-10-27)24(30)20-7-5-19(6-8-20)21-14-17(3)25-23(21)29/h5-8,13,17,21H,9-12,14H2,1-4H3,(H,25,29)/t17?,21-/m0/s1. The average molecular weight is 407 g/mol. The van der Waals surface area contributed by atoms with Crippen molar-refractivity contribution in [1.29, 1.82) is 0 Å². The zero-order valence-corrected chi connectivity index (χ0v) is 18.2.